The number of halogens is 2. The topological polar surface area (TPSA) is 15.3 Å². The molecule has 1 fully saturated rings. The first-order valence-electron chi connectivity index (χ1n) is 5.53. The van der Waals surface area contributed by atoms with E-state index in [1.165, 1.54) is 6.42 Å². The predicted octanol–water partition coefficient (Wildman–Crippen LogP) is 2.96. The lowest BCUT2D eigenvalue weighted by molar-refractivity contribution is 0.326. The van der Waals surface area contributed by atoms with Crippen molar-refractivity contribution in [3.8, 4) is 0 Å². The van der Waals surface area contributed by atoms with Crippen LogP contribution < -0.4 is 5.32 Å². The van der Waals surface area contributed by atoms with Crippen LogP contribution in [0, 0.1) is 0 Å². The van der Waals surface area contributed by atoms with E-state index in [4.69, 9.17) is 23.2 Å². The molecule has 1 saturated heterocycles. The smallest absolute Gasteiger partial charge is 0.0469 e. The summed E-state index contributed by atoms with van der Waals surface area (Å²) >= 11 is 12.1. The average Bonchev–Trinajstić information content (AvgIpc) is 2.43. The molecule has 88 valence electrons. The lowest BCUT2D eigenvalue weighted by atomic mass is 10.1. The fraction of sp³-hybridized carbons (Fsp3) is 0.500. The Morgan fingerprint density at radius 3 is 2.94 bits per heavy atom. The molecule has 2 nitrogen and oxygen atoms in total. The molecule has 1 heterocycles. The van der Waals surface area contributed by atoms with E-state index in [1.807, 2.05) is 18.2 Å². The van der Waals surface area contributed by atoms with Crippen molar-refractivity contribution in [1.82, 2.24) is 10.2 Å². The van der Waals surface area contributed by atoms with Crippen molar-refractivity contribution in [1.29, 1.82) is 0 Å². The fourth-order valence-electron chi connectivity index (χ4n) is 2.09. The summed E-state index contributed by atoms with van der Waals surface area (Å²) in [5.41, 5.74) is 1.14. The van der Waals surface area contributed by atoms with Gasteiger partial charge in [-0.25, -0.2) is 0 Å². The molecule has 0 amide bonds. The van der Waals surface area contributed by atoms with Gasteiger partial charge in [-0.15, -0.1) is 0 Å². The summed E-state index contributed by atoms with van der Waals surface area (Å²) in [6.45, 7) is 3.16. The Kier molecular flexibility index (Phi) is 4.09. The van der Waals surface area contributed by atoms with E-state index >= 15 is 0 Å². The molecular weight excluding hydrogens is 243 g/mol. The minimum atomic E-state index is 0.303. The summed E-state index contributed by atoms with van der Waals surface area (Å²) in [5, 5.41) is 4.96. The van der Waals surface area contributed by atoms with Gasteiger partial charge in [0.2, 0.25) is 0 Å². The van der Waals surface area contributed by atoms with Gasteiger partial charge in [-0.3, -0.25) is 0 Å². The van der Waals surface area contributed by atoms with E-state index in [9.17, 15) is 0 Å². The molecule has 1 unspecified atom stereocenters. The Balaban J connectivity index is 2.21. The second kappa shape index (κ2) is 5.37. The Bertz CT molecular complexity index is 368. The van der Waals surface area contributed by atoms with Gasteiger partial charge in [0, 0.05) is 22.6 Å². The maximum Gasteiger partial charge on any atom is 0.0469 e. The molecule has 0 spiro atoms. The molecule has 1 aromatic carbocycles. The van der Waals surface area contributed by atoms with Crippen LogP contribution >= 0.6 is 23.2 Å². The molecule has 0 aliphatic carbocycles. The van der Waals surface area contributed by atoms with E-state index in [0.29, 0.717) is 11.1 Å². The van der Waals surface area contributed by atoms with Gasteiger partial charge in [0.05, 0.1) is 0 Å². The lowest BCUT2D eigenvalue weighted by Crippen LogP contribution is -2.28. The summed E-state index contributed by atoms with van der Waals surface area (Å²) < 4.78 is 0. The van der Waals surface area contributed by atoms with Crippen molar-refractivity contribution in [2.75, 3.05) is 26.7 Å². The minimum Gasteiger partial charge on any atom is -0.309 e. The van der Waals surface area contributed by atoms with Crippen LogP contribution in [0.3, 0.4) is 0 Å². The summed E-state index contributed by atoms with van der Waals surface area (Å²) in [6, 6.07) is 6.03. The monoisotopic (exact) mass is 258 g/mol. The molecule has 4 heteroatoms. The van der Waals surface area contributed by atoms with Crippen molar-refractivity contribution in [2.45, 2.75) is 12.5 Å². The van der Waals surface area contributed by atoms with Crippen molar-refractivity contribution in [3.63, 3.8) is 0 Å². The largest absolute Gasteiger partial charge is 0.309 e. The molecule has 16 heavy (non-hydrogen) atoms. The summed E-state index contributed by atoms with van der Waals surface area (Å²) in [6.07, 6.45) is 1.18. The first-order valence-corrected chi connectivity index (χ1v) is 6.29. The van der Waals surface area contributed by atoms with Gasteiger partial charge in [-0.1, -0.05) is 29.3 Å². The third-order valence-corrected chi connectivity index (χ3v) is 3.50. The number of hydrogen-bond acceptors (Lipinski definition) is 2. The highest BCUT2D eigenvalue weighted by atomic mass is 35.5. The summed E-state index contributed by atoms with van der Waals surface area (Å²) in [7, 11) is 2.14. The number of nitrogens with zero attached hydrogens (tertiary/aromatic N) is 1. The Labute approximate surface area is 107 Å². The number of benzene rings is 1. The molecule has 0 saturated carbocycles. The van der Waals surface area contributed by atoms with E-state index < -0.39 is 0 Å². The highest BCUT2D eigenvalue weighted by Crippen LogP contribution is 2.27. The maximum atomic E-state index is 6.22. The molecule has 1 aliphatic heterocycles. The van der Waals surface area contributed by atoms with Crippen molar-refractivity contribution in [2.24, 2.45) is 0 Å². The molecule has 0 radical (unpaired) electrons. The molecule has 1 aliphatic rings. The van der Waals surface area contributed by atoms with E-state index in [1.54, 1.807) is 0 Å². The van der Waals surface area contributed by atoms with Crippen molar-refractivity contribution in [3.05, 3.63) is 33.8 Å². The highest BCUT2D eigenvalue weighted by Gasteiger charge is 2.18. The van der Waals surface area contributed by atoms with Gasteiger partial charge >= 0.3 is 0 Å². The van der Waals surface area contributed by atoms with Crippen molar-refractivity contribution >= 4 is 23.2 Å². The van der Waals surface area contributed by atoms with E-state index in [0.717, 1.165) is 30.2 Å². The number of rotatable bonds is 1. The van der Waals surface area contributed by atoms with Crippen molar-refractivity contribution < 1.29 is 0 Å². The van der Waals surface area contributed by atoms with Crippen LogP contribution in [0.1, 0.15) is 18.0 Å². The van der Waals surface area contributed by atoms with Crippen LogP contribution in [-0.4, -0.2) is 31.6 Å². The molecular formula is C12H16Cl2N2. The Morgan fingerprint density at radius 2 is 2.19 bits per heavy atom. The standard InChI is InChI=1S/C12H16Cl2N2/c1-16-6-2-5-15-12(8-16)10-4-3-9(13)7-11(10)14/h3-4,7,12,15H,2,5-6,8H2,1H3. The minimum absolute atomic E-state index is 0.303. The zero-order valence-corrected chi connectivity index (χ0v) is 10.9. The molecule has 1 atom stereocenters. The number of nitrogens with one attached hydrogen (secondary N) is 1. The molecule has 1 aromatic rings. The van der Waals surface area contributed by atoms with Gasteiger partial charge in [-0.05, 0) is 44.3 Å². The molecule has 1 N–H and O–H groups in total. The average molecular weight is 259 g/mol. The first kappa shape index (κ1) is 12.2. The van der Waals surface area contributed by atoms with Crippen LogP contribution in [0.25, 0.3) is 0 Å². The van der Waals surface area contributed by atoms with Crippen LogP contribution in [0.2, 0.25) is 10.0 Å². The first-order chi connectivity index (χ1) is 7.66. The van der Waals surface area contributed by atoms with Gasteiger partial charge < -0.3 is 10.2 Å². The fourth-order valence-corrected chi connectivity index (χ4v) is 2.63. The number of hydrogen-bond donors (Lipinski definition) is 1. The van der Waals surface area contributed by atoms with E-state index in [2.05, 4.69) is 17.3 Å². The van der Waals surface area contributed by atoms with Gasteiger partial charge in [0.1, 0.15) is 0 Å². The van der Waals surface area contributed by atoms with Crippen LogP contribution in [-0.2, 0) is 0 Å². The summed E-state index contributed by atoms with van der Waals surface area (Å²) in [5.74, 6) is 0. The zero-order valence-electron chi connectivity index (χ0n) is 9.34. The van der Waals surface area contributed by atoms with Gasteiger partial charge in [0.25, 0.3) is 0 Å². The third kappa shape index (κ3) is 2.89. The SMILES string of the molecule is CN1CCCNC(c2ccc(Cl)cc2Cl)C1. The van der Waals surface area contributed by atoms with Crippen LogP contribution in [0.5, 0.6) is 0 Å². The normalized spacial score (nSPS) is 23.1. The third-order valence-electron chi connectivity index (χ3n) is 2.94. The predicted molar refractivity (Wildman–Crippen MR) is 69.3 cm³/mol. The second-order valence-electron chi connectivity index (χ2n) is 4.29. The second-order valence-corrected chi connectivity index (χ2v) is 5.13. The van der Waals surface area contributed by atoms with Gasteiger partial charge in [0.15, 0.2) is 0 Å². The maximum absolute atomic E-state index is 6.22. The Morgan fingerprint density at radius 1 is 1.38 bits per heavy atom. The number of likely N-dealkylation sites (N-methyl/N-ethyl adjacent to an activating group) is 1. The van der Waals surface area contributed by atoms with E-state index in [-0.39, 0.29) is 0 Å². The summed E-state index contributed by atoms with van der Waals surface area (Å²) in [4.78, 5) is 2.33. The van der Waals surface area contributed by atoms with Gasteiger partial charge in [-0.2, -0.15) is 0 Å². The van der Waals surface area contributed by atoms with Crippen LogP contribution in [0.15, 0.2) is 18.2 Å². The quantitative estimate of drug-likeness (QED) is 0.834. The molecule has 0 bridgehead atoms. The highest BCUT2D eigenvalue weighted by molar-refractivity contribution is 6.35. The lowest BCUT2D eigenvalue weighted by Gasteiger charge is -2.21. The zero-order chi connectivity index (χ0) is 11.5. The Hall–Kier alpha value is -0.280. The van der Waals surface area contributed by atoms with Crippen LogP contribution in [0.4, 0.5) is 0 Å². The molecule has 2 rings (SSSR count). The molecule has 0 aromatic heterocycles.